The summed E-state index contributed by atoms with van der Waals surface area (Å²) < 4.78 is 10.0. The van der Waals surface area contributed by atoms with Crippen LogP contribution in [0.5, 0.6) is 5.75 Å². The number of ether oxygens (including phenoxy) is 2. The first-order valence-corrected chi connectivity index (χ1v) is 8.68. The van der Waals surface area contributed by atoms with E-state index in [0.29, 0.717) is 33.9 Å². The zero-order valence-corrected chi connectivity index (χ0v) is 15.2. The third-order valence-corrected chi connectivity index (χ3v) is 4.06. The van der Waals surface area contributed by atoms with E-state index in [1.54, 1.807) is 19.2 Å². The number of methoxy groups -OCH3 is 2. The molecule has 0 saturated heterocycles. The van der Waals surface area contributed by atoms with Crippen molar-refractivity contribution < 1.29 is 14.3 Å². The average molecular weight is 368 g/mol. The second-order valence-electron chi connectivity index (χ2n) is 4.80. The molecule has 0 aliphatic heterocycles. The van der Waals surface area contributed by atoms with Crippen molar-refractivity contribution in [3.63, 3.8) is 0 Å². The number of aromatic nitrogens is 2. The van der Waals surface area contributed by atoms with E-state index >= 15 is 0 Å². The fraction of sp³-hybridized carbons (Fsp3) is 0.312. The van der Waals surface area contributed by atoms with Gasteiger partial charge in [0.15, 0.2) is 10.9 Å². The Bertz CT molecular complexity index is 728. The van der Waals surface area contributed by atoms with Crippen LogP contribution in [0.15, 0.2) is 29.6 Å². The molecule has 1 N–H and O–H groups in total. The zero-order chi connectivity index (χ0) is 17.5. The highest BCUT2D eigenvalue weighted by molar-refractivity contribution is 7.98. The number of hydrogen-bond donors (Lipinski definition) is 1. The molecule has 0 unspecified atom stereocenters. The molecule has 1 aromatic carbocycles. The predicted molar refractivity (Wildman–Crippen MR) is 95.4 cm³/mol. The highest BCUT2D eigenvalue weighted by Crippen LogP contribution is 2.25. The summed E-state index contributed by atoms with van der Waals surface area (Å²) in [6.45, 7) is 0.437. The Balaban J connectivity index is 2.21. The molecule has 24 heavy (non-hydrogen) atoms. The number of Topliss-reactive ketones (excluding diaryl/α,β-unsaturated/α-hetero) is 1. The van der Waals surface area contributed by atoms with Gasteiger partial charge in [-0.05, 0) is 24.0 Å². The normalized spacial score (nSPS) is 10.5. The van der Waals surface area contributed by atoms with Gasteiger partial charge < -0.3 is 14.8 Å². The molecule has 2 rings (SSSR count). The Morgan fingerprint density at radius 1 is 1.38 bits per heavy atom. The summed E-state index contributed by atoms with van der Waals surface area (Å²) in [4.78, 5) is 20.6. The van der Waals surface area contributed by atoms with E-state index in [0.717, 1.165) is 5.56 Å². The lowest BCUT2D eigenvalue weighted by atomic mass is 10.2. The smallest absolute Gasteiger partial charge is 0.193 e. The minimum Gasteiger partial charge on any atom is -0.495 e. The number of nitrogens with one attached hydrogen (secondary N) is 1. The Labute approximate surface area is 149 Å². The van der Waals surface area contributed by atoms with E-state index in [4.69, 9.17) is 21.1 Å². The molecule has 1 aromatic heterocycles. The minimum absolute atomic E-state index is 0.0228. The molecule has 0 fully saturated rings. The fourth-order valence-corrected chi connectivity index (χ4v) is 2.64. The summed E-state index contributed by atoms with van der Waals surface area (Å²) in [5, 5.41) is 4.28. The molecule has 0 bridgehead atoms. The summed E-state index contributed by atoms with van der Waals surface area (Å²) in [6.07, 6.45) is 3.39. The van der Waals surface area contributed by atoms with Crippen molar-refractivity contribution in [2.24, 2.45) is 0 Å². The number of nitrogens with zero attached hydrogens (tertiary/aromatic N) is 2. The largest absolute Gasteiger partial charge is 0.495 e. The predicted octanol–water partition coefficient (Wildman–Crippen LogP) is 3.30. The summed E-state index contributed by atoms with van der Waals surface area (Å²) >= 11 is 7.53. The first kappa shape index (κ1) is 18.5. The summed E-state index contributed by atoms with van der Waals surface area (Å²) in [6, 6.07) is 5.50. The molecule has 0 aliphatic carbocycles. The molecular weight excluding hydrogens is 350 g/mol. The molecule has 2 aromatic rings. The van der Waals surface area contributed by atoms with Gasteiger partial charge in [0.25, 0.3) is 0 Å². The minimum atomic E-state index is -0.180. The standard InChI is InChI=1S/C16H18ClN3O3S/c1-22-9-13(21)11-8-19-16(24-3)20-15(11)18-7-10-4-5-14(23-2)12(17)6-10/h4-6,8H,7,9H2,1-3H3,(H,18,19,20). The van der Waals surface area contributed by atoms with Gasteiger partial charge in [-0.3, -0.25) is 4.79 Å². The van der Waals surface area contributed by atoms with Crippen LogP contribution in [0.1, 0.15) is 15.9 Å². The van der Waals surface area contributed by atoms with Crippen LogP contribution in [0.2, 0.25) is 5.02 Å². The first-order chi connectivity index (χ1) is 11.6. The molecule has 0 aliphatic rings. The van der Waals surface area contributed by atoms with Crippen LogP contribution in [0.3, 0.4) is 0 Å². The van der Waals surface area contributed by atoms with Crippen LogP contribution < -0.4 is 10.1 Å². The van der Waals surface area contributed by atoms with Crippen LogP contribution in [-0.4, -0.2) is 42.8 Å². The quantitative estimate of drug-likeness (QED) is 0.436. The lowest BCUT2D eigenvalue weighted by molar-refractivity contribution is 0.0848. The number of benzene rings is 1. The van der Waals surface area contributed by atoms with Crippen molar-refractivity contribution in [3.8, 4) is 5.75 Å². The zero-order valence-electron chi connectivity index (χ0n) is 13.6. The summed E-state index contributed by atoms with van der Waals surface area (Å²) in [5.74, 6) is 0.909. The van der Waals surface area contributed by atoms with Crippen molar-refractivity contribution in [1.29, 1.82) is 0 Å². The Morgan fingerprint density at radius 3 is 2.79 bits per heavy atom. The number of ketones is 1. The van der Waals surface area contributed by atoms with Gasteiger partial charge in [-0.25, -0.2) is 9.97 Å². The topological polar surface area (TPSA) is 73.3 Å². The number of halogens is 1. The van der Waals surface area contributed by atoms with E-state index < -0.39 is 0 Å². The Kier molecular flexibility index (Phi) is 6.84. The number of carbonyl (C=O) groups is 1. The van der Waals surface area contributed by atoms with Gasteiger partial charge in [0.1, 0.15) is 18.2 Å². The van der Waals surface area contributed by atoms with Gasteiger partial charge >= 0.3 is 0 Å². The lowest BCUT2D eigenvalue weighted by Gasteiger charge is -2.12. The van der Waals surface area contributed by atoms with E-state index in [-0.39, 0.29) is 12.4 Å². The van der Waals surface area contributed by atoms with Crippen molar-refractivity contribution in [1.82, 2.24) is 9.97 Å². The van der Waals surface area contributed by atoms with Gasteiger partial charge in [0, 0.05) is 19.9 Å². The van der Waals surface area contributed by atoms with Crippen LogP contribution in [-0.2, 0) is 11.3 Å². The SMILES string of the molecule is COCC(=O)c1cnc(SC)nc1NCc1ccc(OC)c(Cl)c1. The highest BCUT2D eigenvalue weighted by Gasteiger charge is 2.14. The number of rotatable bonds is 8. The lowest BCUT2D eigenvalue weighted by Crippen LogP contribution is -2.14. The fourth-order valence-electron chi connectivity index (χ4n) is 2.02. The number of hydrogen-bond acceptors (Lipinski definition) is 7. The molecule has 8 heteroatoms. The number of thioether (sulfide) groups is 1. The molecular formula is C16H18ClN3O3S. The molecule has 128 valence electrons. The van der Waals surface area contributed by atoms with Crippen molar-refractivity contribution in [3.05, 3.63) is 40.5 Å². The van der Waals surface area contributed by atoms with Crippen LogP contribution >= 0.6 is 23.4 Å². The number of anilines is 1. The van der Waals surface area contributed by atoms with Crippen LogP contribution in [0.25, 0.3) is 0 Å². The van der Waals surface area contributed by atoms with E-state index in [1.165, 1.54) is 25.1 Å². The van der Waals surface area contributed by atoms with E-state index in [2.05, 4.69) is 15.3 Å². The van der Waals surface area contributed by atoms with Gasteiger partial charge in [0.05, 0.1) is 17.7 Å². The van der Waals surface area contributed by atoms with Crippen LogP contribution in [0.4, 0.5) is 5.82 Å². The first-order valence-electron chi connectivity index (χ1n) is 7.08. The van der Waals surface area contributed by atoms with Crippen molar-refractivity contribution in [2.75, 3.05) is 32.4 Å². The van der Waals surface area contributed by atoms with Gasteiger partial charge in [-0.2, -0.15) is 0 Å². The van der Waals surface area contributed by atoms with Crippen LogP contribution in [0, 0.1) is 0 Å². The molecule has 0 radical (unpaired) electrons. The van der Waals surface area contributed by atoms with Gasteiger partial charge in [-0.15, -0.1) is 0 Å². The third kappa shape index (κ3) is 4.59. The number of carbonyl (C=O) groups excluding carboxylic acids is 1. The Hall–Kier alpha value is -1.83. The average Bonchev–Trinajstić information content (AvgIpc) is 2.60. The van der Waals surface area contributed by atoms with Crippen molar-refractivity contribution in [2.45, 2.75) is 11.7 Å². The maximum Gasteiger partial charge on any atom is 0.193 e. The Morgan fingerprint density at radius 2 is 2.17 bits per heavy atom. The van der Waals surface area contributed by atoms with E-state index in [1.807, 2.05) is 12.3 Å². The second-order valence-corrected chi connectivity index (χ2v) is 5.98. The molecule has 0 spiro atoms. The maximum absolute atomic E-state index is 12.1. The summed E-state index contributed by atoms with van der Waals surface area (Å²) in [5.41, 5.74) is 1.34. The molecule has 0 saturated carbocycles. The third-order valence-electron chi connectivity index (χ3n) is 3.20. The van der Waals surface area contributed by atoms with Gasteiger partial charge in [0.2, 0.25) is 0 Å². The molecule has 1 heterocycles. The monoisotopic (exact) mass is 367 g/mol. The second kappa shape index (κ2) is 8.86. The molecule has 0 atom stereocenters. The molecule has 6 nitrogen and oxygen atoms in total. The maximum atomic E-state index is 12.1. The highest BCUT2D eigenvalue weighted by atomic mass is 35.5. The van der Waals surface area contributed by atoms with E-state index in [9.17, 15) is 4.79 Å². The summed E-state index contributed by atoms with van der Waals surface area (Å²) in [7, 11) is 3.04. The van der Waals surface area contributed by atoms with Gasteiger partial charge in [-0.1, -0.05) is 29.4 Å². The van der Waals surface area contributed by atoms with Crippen molar-refractivity contribution >= 4 is 35.0 Å². The molecule has 0 amide bonds.